The number of hydrogen-bond acceptors (Lipinski definition) is 5. The lowest BCUT2D eigenvalue weighted by Gasteiger charge is -2.18. The molecule has 0 radical (unpaired) electrons. The van der Waals surface area contributed by atoms with E-state index >= 15 is 0 Å². The molecule has 32 heavy (non-hydrogen) atoms. The number of amides is 1. The molecule has 1 saturated heterocycles. The van der Waals surface area contributed by atoms with Crippen LogP contribution in [-0.4, -0.2) is 43.6 Å². The number of aromatic nitrogens is 4. The van der Waals surface area contributed by atoms with Gasteiger partial charge in [-0.25, -0.2) is 14.6 Å². The van der Waals surface area contributed by atoms with Crippen LogP contribution in [0.3, 0.4) is 0 Å². The zero-order chi connectivity index (χ0) is 22.7. The van der Waals surface area contributed by atoms with E-state index in [2.05, 4.69) is 65.2 Å². The molecule has 1 aliphatic rings. The molecule has 1 atom stereocenters. The average Bonchev–Trinajstić information content (AvgIpc) is 3.40. The molecular weight excluding hydrogens is 400 g/mol. The Bertz CT molecular complexity index is 1060. The highest BCUT2D eigenvalue weighted by Crippen LogP contribution is 2.32. The number of nitrogens with zero attached hydrogens (tertiary/aromatic N) is 5. The van der Waals surface area contributed by atoms with Gasteiger partial charge in [0, 0.05) is 61.9 Å². The summed E-state index contributed by atoms with van der Waals surface area (Å²) >= 11 is 0. The largest absolute Gasteiger partial charge is 0.352 e. The van der Waals surface area contributed by atoms with Gasteiger partial charge in [0.1, 0.15) is 5.82 Å². The van der Waals surface area contributed by atoms with Crippen molar-refractivity contribution in [3.8, 4) is 5.69 Å². The van der Waals surface area contributed by atoms with Crippen molar-refractivity contribution in [2.24, 2.45) is 0 Å². The van der Waals surface area contributed by atoms with Crippen molar-refractivity contribution in [2.75, 3.05) is 13.1 Å². The molecule has 2 aromatic heterocycles. The molecule has 3 heterocycles. The van der Waals surface area contributed by atoms with Crippen LogP contribution in [0.1, 0.15) is 67.2 Å². The highest BCUT2D eigenvalue weighted by molar-refractivity contribution is 5.72. The van der Waals surface area contributed by atoms with Gasteiger partial charge < -0.3 is 5.32 Å². The SMILES string of the molecule is CC(=O)NCc1cnn(-c2ccc(C)cc2)c1C1CCN(Cc2cnc(C(C)C)nc2)C1. The van der Waals surface area contributed by atoms with Crippen molar-refractivity contribution < 1.29 is 4.79 Å². The van der Waals surface area contributed by atoms with Crippen molar-refractivity contribution in [1.82, 2.24) is 30.0 Å². The predicted octanol–water partition coefficient (Wildman–Crippen LogP) is 3.72. The molecule has 1 unspecified atom stereocenters. The Morgan fingerprint density at radius 3 is 2.53 bits per heavy atom. The summed E-state index contributed by atoms with van der Waals surface area (Å²) in [7, 11) is 0. The maximum Gasteiger partial charge on any atom is 0.217 e. The van der Waals surface area contributed by atoms with Gasteiger partial charge in [0.25, 0.3) is 0 Å². The van der Waals surface area contributed by atoms with E-state index in [9.17, 15) is 4.79 Å². The summed E-state index contributed by atoms with van der Waals surface area (Å²) in [6.45, 7) is 11.1. The normalized spacial score (nSPS) is 16.6. The van der Waals surface area contributed by atoms with E-state index in [-0.39, 0.29) is 5.91 Å². The van der Waals surface area contributed by atoms with E-state index in [1.165, 1.54) is 11.3 Å². The van der Waals surface area contributed by atoms with E-state index in [1.54, 1.807) is 6.92 Å². The Balaban J connectivity index is 1.54. The van der Waals surface area contributed by atoms with E-state index in [1.807, 2.05) is 23.3 Å². The van der Waals surface area contributed by atoms with E-state index in [4.69, 9.17) is 5.10 Å². The number of hydrogen-bond donors (Lipinski definition) is 1. The molecule has 1 aromatic carbocycles. The molecule has 1 fully saturated rings. The van der Waals surface area contributed by atoms with E-state index in [0.717, 1.165) is 48.7 Å². The lowest BCUT2D eigenvalue weighted by atomic mass is 10.00. The first-order valence-electron chi connectivity index (χ1n) is 11.3. The molecule has 3 aromatic rings. The number of carbonyl (C=O) groups excluding carboxylic acids is 1. The van der Waals surface area contributed by atoms with Gasteiger partial charge in [-0.1, -0.05) is 31.5 Å². The number of nitrogens with one attached hydrogen (secondary N) is 1. The van der Waals surface area contributed by atoms with E-state index < -0.39 is 0 Å². The van der Waals surface area contributed by atoms with Gasteiger partial charge in [0.2, 0.25) is 5.91 Å². The Morgan fingerprint density at radius 2 is 1.88 bits per heavy atom. The third-order valence-corrected chi connectivity index (χ3v) is 6.00. The van der Waals surface area contributed by atoms with Crippen molar-refractivity contribution in [1.29, 1.82) is 0 Å². The average molecular weight is 433 g/mol. The summed E-state index contributed by atoms with van der Waals surface area (Å²) in [5.74, 6) is 1.54. The van der Waals surface area contributed by atoms with Crippen LogP contribution in [0.4, 0.5) is 0 Å². The van der Waals surface area contributed by atoms with Gasteiger partial charge in [-0.2, -0.15) is 5.10 Å². The lowest BCUT2D eigenvalue weighted by molar-refractivity contribution is -0.119. The van der Waals surface area contributed by atoms with Gasteiger partial charge in [-0.05, 0) is 32.0 Å². The third kappa shape index (κ3) is 5.05. The maximum atomic E-state index is 11.5. The quantitative estimate of drug-likeness (QED) is 0.616. The van der Waals surface area contributed by atoms with Crippen molar-refractivity contribution in [3.63, 3.8) is 0 Å². The fourth-order valence-corrected chi connectivity index (χ4v) is 4.28. The predicted molar refractivity (Wildman–Crippen MR) is 125 cm³/mol. The molecular formula is C25H32N6O. The van der Waals surface area contributed by atoms with Crippen LogP contribution in [0.25, 0.3) is 5.69 Å². The second-order valence-corrected chi connectivity index (χ2v) is 9.04. The van der Waals surface area contributed by atoms with Crippen molar-refractivity contribution in [2.45, 2.75) is 59.0 Å². The molecule has 168 valence electrons. The van der Waals surface area contributed by atoms with Gasteiger partial charge in [0.05, 0.1) is 17.6 Å². The minimum Gasteiger partial charge on any atom is -0.352 e. The molecule has 0 spiro atoms. The van der Waals surface area contributed by atoms with Crippen LogP contribution in [0.5, 0.6) is 0 Å². The minimum atomic E-state index is -0.0306. The Kier molecular flexibility index (Phi) is 6.65. The minimum absolute atomic E-state index is 0.0306. The second kappa shape index (κ2) is 9.61. The summed E-state index contributed by atoms with van der Waals surface area (Å²) in [6.07, 6.45) is 6.85. The first kappa shape index (κ1) is 22.1. The molecule has 0 aliphatic carbocycles. The second-order valence-electron chi connectivity index (χ2n) is 9.04. The standard InChI is InChI=1S/C25H32N6O/c1-17(2)25-27-11-20(12-28-25)15-30-10-9-21(16-30)24-22(13-26-19(4)32)14-29-31(24)23-7-5-18(3)6-8-23/h5-8,11-12,14,17,21H,9-10,13,15-16H2,1-4H3,(H,26,32). The van der Waals surface area contributed by atoms with Crippen LogP contribution < -0.4 is 5.32 Å². The molecule has 7 nitrogen and oxygen atoms in total. The molecule has 1 amide bonds. The number of rotatable bonds is 7. The molecule has 1 N–H and O–H groups in total. The van der Waals surface area contributed by atoms with Crippen LogP contribution >= 0.6 is 0 Å². The van der Waals surface area contributed by atoms with Crippen LogP contribution in [0.2, 0.25) is 0 Å². The summed E-state index contributed by atoms with van der Waals surface area (Å²) in [5, 5.41) is 7.64. The van der Waals surface area contributed by atoms with E-state index in [0.29, 0.717) is 18.4 Å². The topological polar surface area (TPSA) is 75.9 Å². The fourth-order valence-electron chi connectivity index (χ4n) is 4.28. The van der Waals surface area contributed by atoms with Crippen LogP contribution in [0.15, 0.2) is 42.9 Å². The molecule has 1 aliphatic heterocycles. The molecule has 4 rings (SSSR count). The number of benzene rings is 1. The molecule has 7 heteroatoms. The lowest BCUT2D eigenvalue weighted by Crippen LogP contribution is -2.23. The number of carbonyl (C=O) groups is 1. The van der Waals surface area contributed by atoms with Gasteiger partial charge >= 0.3 is 0 Å². The Morgan fingerprint density at radius 1 is 1.16 bits per heavy atom. The highest BCUT2D eigenvalue weighted by Gasteiger charge is 2.29. The summed E-state index contributed by atoms with van der Waals surface area (Å²) in [6, 6.07) is 8.43. The number of aryl methyl sites for hydroxylation is 1. The van der Waals surface area contributed by atoms with Crippen LogP contribution in [-0.2, 0) is 17.9 Å². The first-order valence-corrected chi connectivity index (χ1v) is 11.3. The van der Waals surface area contributed by atoms with Gasteiger partial charge in [0.15, 0.2) is 0 Å². The number of likely N-dealkylation sites (tertiary alicyclic amines) is 1. The Labute approximate surface area is 189 Å². The van der Waals surface area contributed by atoms with Gasteiger partial charge in [-0.3, -0.25) is 9.69 Å². The molecule has 0 bridgehead atoms. The fraction of sp³-hybridized carbons (Fsp3) is 0.440. The third-order valence-electron chi connectivity index (χ3n) is 6.00. The summed E-state index contributed by atoms with van der Waals surface area (Å²) < 4.78 is 2.05. The van der Waals surface area contributed by atoms with Gasteiger partial charge in [-0.15, -0.1) is 0 Å². The first-order chi connectivity index (χ1) is 15.4. The van der Waals surface area contributed by atoms with Crippen molar-refractivity contribution >= 4 is 5.91 Å². The summed E-state index contributed by atoms with van der Waals surface area (Å²) in [5.41, 5.74) is 5.68. The zero-order valence-corrected chi connectivity index (χ0v) is 19.4. The Hall–Kier alpha value is -3.06. The maximum absolute atomic E-state index is 11.5. The monoisotopic (exact) mass is 432 g/mol. The summed E-state index contributed by atoms with van der Waals surface area (Å²) in [4.78, 5) is 23.0. The van der Waals surface area contributed by atoms with Crippen molar-refractivity contribution in [3.05, 3.63) is 71.1 Å². The van der Waals surface area contributed by atoms with Crippen LogP contribution in [0, 0.1) is 6.92 Å². The molecule has 0 saturated carbocycles. The smallest absolute Gasteiger partial charge is 0.217 e. The zero-order valence-electron chi connectivity index (χ0n) is 19.4. The highest BCUT2D eigenvalue weighted by atomic mass is 16.1.